The molecule has 0 aliphatic rings. The van der Waals surface area contributed by atoms with Crippen LogP contribution >= 0.6 is 0 Å². The van der Waals surface area contributed by atoms with Crippen molar-refractivity contribution < 1.29 is 14.3 Å². The van der Waals surface area contributed by atoms with E-state index in [-0.39, 0.29) is 22.7 Å². The Morgan fingerprint density at radius 3 is 2.57 bits per heavy atom. The summed E-state index contributed by atoms with van der Waals surface area (Å²) < 4.78 is 13.1. The van der Waals surface area contributed by atoms with Crippen molar-refractivity contribution in [2.75, 3.05) is 0 Å². The number of Topliss-reactive ketones (excluding diaryl/α,β-unsaturated/α-hetero) is 1. The van der Waals surface area contributed by atoms with Gasteiger partial charge in [0.2, 0.25) is 0 Å². The van der Waals surface area contributed by atoms with Gasteiger partial charge in [-0.2, -0.15) is 0 Å². The second kappa shape index (κ2) is 4.22. The lowest BCUT2D eigenvalue weighted by molar-refractivity contribution is 0.0985. The standard InChI is InChI=1S/C11H13FO2/c1-3-7-9(12)6-5-8(11(7)14)10(13)4-2/h5-6,14H,3-4H2,1-2H3. The van der Waals surface area contributed by atoms with Crippen LogP contribution in [-0.2, 0) is 6.42 Å². The average molecular weight is 196 g/mol. The first kappa shape index (κ1) is 10.7. The zero-order valence-corrected chi connectivity index (χ0v) is 8.30. The summed E-state index contributed by atoms with van der Waals surface area (Å²) in [6, 6.07) is 2.55. The van der Waals surface area contributed by atoms with Crippen molar-refractivity contribution >= 4 is 5.78 Å². The van der Waals surface area contributed by atoms with Gasteiger partial charge in [0.25, 0.3) is 0 Å². The first-order valence-electron chi connectivity index (χ1n) is 4.65. The van der Waals surface area contributed by atoms with Gasteiger partial charge in [-0.3, -0.25) is 4.79 Å². The molecule has 0 bridgehead atoms. The van der Waals surface area contributed by atoms with Crippen molar-refractivity contribution in [1.82, 2.24) is 0 Å². The van der Waals surface area contributed by atoms with Crippen molar-refractivity contribution in [2.45, 2.75) is 26.7 Å². The van der Waals surface area contributed by atoms with Gasteiger partial charge >= 0.3 is 0 Å². The van der Waals surface area contributed by atoms with Crippen LogP contribution in [0.25, 0.3) is 0 Å². The van der Waals surface area contributed by atoms with Crippen LogP contribution in [0.15, 0.2) is 12.1 Å². The first-order chi connectivity index (χ1) is 6.61. The molecule has 0 atom stereocenters. The molecular formula is C11H13FO2. The molecule has 76 valence electrons. The lowest BCUT2D eigenvalue weighted by Crippen LogP contribution is -2.00. The molecule has 0 aliphatic heterocycles. The van der Waals surface area contributed by atoms with Crippen molar-refractivity contribution in [1.29, 1.82) is 0 Å². The molecule has 0 saturated carbocycles. The fraction of sp³-hybridized carbons (Fsp3) is 0.364. The Kier molecular flexibility index (Phi) is 3.23. The number of carbonyl (C=O) groups is 1. The maximum atomic E-state index is 13.1. The fourth-order valence-electron chi connectivity index (χ4n) is 1.36. The van der Waals surface area contributed by atoms with Crippen LogP contribution in [0.2, 0.25) is 0 Å². The Hall–Kier alpha value is -1.38. The van der Waals surface area contributed by atoms with Gasteiger partial charge in [-0.25, -0.2) is 4.39 Å². The second-order valence-corrected chi connectivity index (χ2v) is 3.05. The van der Waals surface area contributed by atoms with Gasteiger partial charge < -0.3 is 5.11 Å². The Morgan fingerprint density at radius 1 is 1.43 bits per heavy atom. The molecule has 1 N–H and O–H groups in total. The molecule has 0 radical (unpaired) electrons. The van der Waals surface area contributed by atoms with Crippen LogP contribution in [0.3, 0.4) is 0 Å². The van der Waals surface area contributed by atoms with E-state index in [9.17, 15) is 14.3 Å². The van der Waals surface area contributed by atoms with E-state index < -0.39 is 5.82 Å². The zero-order valence-electron chi connectivity index (χ0n) is 8.30. The number of carbonyl (C=O) groups excluding carboxylic acids is 1. The molecule has 0 aliphatic carbocycles. The predicted octanol–water partition coefficient (Wildman–Crippen LogP) is 2.69. The van der Waals surface area contributed by atoms with E-state index in [0.717, 1.165) is 0 Å². The lowest BCUT2D eigenvalue weighted by atomic mass is 10.0. The summed E-state index contributed by atoms with van der Waals surface area (Å²) >= 11 is 0. The third-order valence-electron chi connectivity index (χ3n) is 2.20. The molecule has 1 aromatic rings. The molecule has 0 aromatic heterocycles. The first-order valence-corrected chi connectivity index (χ1v) is 4.65. The zero-order chi connectivity index (χ0) is 10.7. The van der Waals surface area contributed by atoms with Crippen LogP contribution in [0.5, 0.6) is 5.75 Å². The van der Waals surface area contributed by atoms with Gasteiger partial charge in [-0.05, 0) is 18.6 Å². The highest BCUT2D eigenvalue weighted by Gasteiger charge is 2.15. The van der Waals surface area contributed by atoms with Gasteiger partial charge in [0.05, 0.1) is 5.56 Å². The molecule has 0 spiro atoms. The summed E-state index contributed by atoms with van der Waals surface area (Å²) in [7, 11) is 0. The summed E-state index contributed by atoms with van der Waals surface area (Å²) in [5.41, 5.74) is 0.426. The van der Waals surface area contributed by atoms with Gasteiger partial charge in [0.1, 0.15) is 11.6 Å². The molecule has 0 fully saturated rings. The van der Waals surface area contributed by atoms with Gasteiger partial charge in [-0.1, -0.05) is 13.8 Å². The van der Waals surface area contributed by atoms with Gasteiger partial charge in [0, 0.05) is 12.0 Å². The minimum absolute atomic E-state index is 0.169. The molecule has 0 saturated heterocycles. The van der Waals surface area contributed by atoms with Crippen LogP contribution in [0.1, 0.15) is 36.2 Å². The number of phenols is 1. The van der Waals surface area contributed by atoms with Crippen LogP contribution in [0, 0.1) is 5.82 Å². The van der Waals surface area contributed by atoms with E-state index in [4.69, 9.17) is 0 Å². The maximum absolute atomic E-state index is 13.1. The van der Waals surface area contributed by atoms with E-state index in [1.807, 2.05) is 0 Å². The smallest absolute Gasteiger partial charge is 0.166 e. The topological polar surface area (TPSA) is 37.3 Å². The Bertz CT molecular complexity index is 359. The monoisotopic (exact) mass is 196 g/mol. The third kappa shape index (κ3) is 1.76. The second-order valence-electron chi connectivity index (χ2n) is 3.05. The summed E-state index contributed by atoms with van der Waals surface area (Å²) in [6.07, 6.45) is 0.685. The van der Waals surface area contributed by atoms with Crippen LogP contribution < -0.4 is 0 Å². The molecule has 14 heavy (non-hydrogen) atoms. The lowest BCUT2D eigenvalue weighted by Gasteiger charge is -2.07. The molecule has 0 amide bonds. The van der Waals surface area contributed by atoms with E-state index in [2.05, 4.69) is 0 Å². The normalized spacial score (nSPS) is 10.2. The third-order valence-corrected chi connectivity index (χ3v) is 2.20. The number of phenolic OH excluding ortho intramolecular Hbond substituents is 1. The number of benzene rings is 1. The van der Waals surface area contributed by atoms with E-state index in [0.29, 0.717) is 12.8 Å². The summed E-state index contributed by atoms with van der Waals surface area (Å²) in [4.78, 5) is 11.3. The molecule has 3 heteroatoms. The van der Waals surface area contributed by atoms with Gasteiger partial charge in [-0.15, -0.1) is 0 Å². The van der Waals surface area contributed by atoms with Crippen molar-refractivity contribution in [2.24, 2.45) is 0 Å². The quantitative estimate of drug-likeness (QED) is 0.754. The minimum atomic E-state index is -0.461. The number of ketones is 1. The fourth-order valence-corrected chi connectivity index (χ4v) is 1.36. The number of hydrogen-bond donors (Lipinski definition) is 1. The molecule has 0 heterocycles. The minimum Gasteiger partial charge on any atom is -0.507 e. The van der Waals surface area contributed by atoms with Gasteiger partial charge in [0.15, 0.2) is 5.78 Å². The average Bonchev–Trinajstić information content (AvgIpc) is 2.18. The largest absolute Gasteiger partial charge is 0.507 e. The van der Waals surface area contributed by atoms with E-state index in [1.54, 1.807) is 13.8 Å². The Morgan fingerprint density at radius 2 is 2.07 bits per heavy atom. The maximum Gasteiger partial charge on any atom is 0.166 e. The molecule has 0 unspecified atom stereocenters. The SMILES string of the molecule is CCC(=O)c1ccc(F)c(CC)c1O. The summed E-state index contributed by atoms with van der Waals surface area (Å²) in [5.74, 6) is -0.839. The summed E-state index contributed by atoms with van der Waals surface area (Å²) in [5, 5.41) is 9.61. The van der Waals surface area contributed by atoms with E-state index >= 15 is 0 Å². The van der Waals surface area contributed by atoms with Crippen LogP contribution in [0.4, 0.5) is 4.39 Å². The predicted molar refractivity (Wildman–Crippen MR) is 52.1 cm³/mol. The number of hydrogen-bond acceptors (Lipinski definition) is 2. The number of halogens is 1. The number of rotatable bonds is 3. The number of aromatic hydroxyl groups is 1. The Labute approximate surface area is 82.4 Å². The molecular weight excluding hydrogens is 183 g/mol. The van der Waals surface area contributed by atoms with Crippen molar-refractivity contribution in [3.63, 3.8) is 0 Å². The highest BCUT2D eigenvalue weighted by molar-refractivity contribution is 5.98. The molecule has 1 aromatic carbocycles. The summed E-state index contributed by atoms with van der Waals surface area (Å²) in [6.45, 7) is 3.44. The molecule has 2 nitrogen and oxygen atoms in total. The van der Waals surface area contributed by atoms with Crippen molar-refractivity contribution in [3.05, 3.63) is 29.1 Å². The molecule has 1 rings (SSSR count). The van der Waals surface area contributed by atoms with E-state index in [1.165, 1.54) is 12.1 Å². The van der Waals surface area contributed by atoms with Crippen molar-refractivity contribution in [3.8, 4) is 5.75 Å². The highest BCUT2D eigenvalue weighted by atomic mass is 19.1. The Balaban J connectivity index is 3.28. The van der Waals surface area contributed by atoms with Crippen LogP contribution in [-0.4, -0.2) is 10.9 Å². The highest BCUT2D eigenvalue weighted by Crippen LogP contribution is 2.26.